The van der Waals surface area contributed by atoms with Gasteiger partial charge < -0.3 is 19.7 Å². The molecule has 2 amide bonds. The van der Waals surface area contributed by atoms with E-state index in [1.807, 2.05) is 30.3 Å². The molecule has 1 aromatic heterocycles. The van der Waals surface area contributed by atoms with Crippen molar-refractivity contribution >= 4 is 28.6 Å². The van der Waals surface area contributed by atoms with Crippen molar-refractivity contribution in [2.45, 2.75) is 64.8 Å². The number of halogens is 3. The number of methoxy groups -OCH3 is 1. The molecule has 9 nitrogen and oxygen atoms in total. The van der Waals surface area contributed by atoms with Gasteiger partial charge in [-0.3, -0.25) is 0 Å². The first-order chi connectivity index (χ1) is 23.0. The molecule has 2 heterocycles. The zero-order chi connectivity index (χ0) is 34.4. The molecule has 0 aliphatic carbocycles. The molecule has 48 heavy (non-hydrogen) atoms. The minimum Gasteiger partial charge on any atom is -0.497 e. The molecule has 1 aliphatic rings. The van der Waals surface area contributed by atoms with Crippen LogP contribution in [0.15, 0.2) is 78.0 Å². The van der Waals surface area contributed by atoms with Gasteiger partial charge in [0.25, 0.3) is 0 Å². The first kappa shape index (κ1) is 34.8. The molecule has 1 fully saturated rings. The normalized spacial score (nSPS) is 16.6. The van der Waals surface area contributed by atoms with E-state index in [0.717, 1.165) is 46.7 Å². The third-order valence-corrected chi connectivity index (χ3v) is 9.17. The Bertz CT molecular complexity index is 1720. The first-order valence-electron chi connectivity index (χ1n) is 15.8. The van der Waals surface area contributed by atoms with E-state index in [4.69, 9.17) is 4.74 Å². The highest BCUT2D eigenvalue weighted by molar-refractivity contribution is 8.14. The monoisotopic (exact) mass is 680 g/mol. The number of nitrogens with one attached hydrogen (secondary N) is 1. The summed E-state index contributed by atoms with van der Waals surface area (Å²) >= 11 is 1.59. The van der Waals surface area contributed by atoms with E-state index in [9.17, 15) is 18.0 Å². The topological polar surface area (TPSA) is 93.9 Å². The number of hydrogen-bond donors (Lipinski definition) is 1. The number of thioether (sulfide) groups is 1. The molecule has 4 aromatic rings. The van der Waals surface area contributed by atoms with Crippen LogP contribution in [0.3, 0.4) is 0 Å². The van der Waals surface area contributed by atoms with Crippen LogP contribution in [0.4, 0.5) is 23.7 Å². The second kappa shape index (κ2) is 15.1. The molecular formula is C35H39F3N6O3S. The van der Waals surface area contributed by atoms with Gasteiger partial charge in [0.15, 0.2) is 11.0 Å². The molecule has 1 N–H and O–H groups in total. The number of hydrogen-bond acceptors (Lipinski definition) is 6. The van der Waals surface area contributed by atoms with Crippen molar-refractivity contribution in [3.63, 3.8) is 0 Å². The number of aromatic nitrogens is 3. The fourth-order valence-corrected chi connectivity index (χ4v) is 6.74. The van der Waals surface area contributed by atoms with E-state index in [-0.39, 0.29) is 29.7 Å². The van der Waals surface area contributed by atoms with Gasteiger partial charge in [-0.1, -0.05) is 56.8 Å². The number of aliphatic imine (C=N–C) groups is 1. The van der Waals surface area contributed by atoms with Crippen LogP contribution >= 0.6 is 11.8 Å². The number of urea groups is 1. The second-order valence-corrected chi connectivity index (χ2v) is 12.9. The highest BCUT2D eigenvalue weighted by Crippen LogP contribution is 2.37. The van der Waals surface area contributed by atoms with Gasteiger partial charge in [-0.15, -0.1) is 18.3 Å². The fourth-order valence-electron chi connectivity index (χ4n) is 5.54. The van der Waals surface area contributed by atoms with E-state index >= 15 is 0 Å². The Morgan fingerprint density at radius 2 is 1.79 bits per heavy atom. The maximum absolute atomic E-state index is 13.2. The highest BCUT2D eigenvalue weighted by atomic mass is 32.2. The van der Waals surface area contributed by atoms with E-state index in [1.54, 1.807) is 18.9 Å². The summed E-state index contributed by atoms with van der Waals surface area (Å²) in [5.74, 6) is 2.17. The summed E-state index contributed by atoms with van der Waals surface area (Å²) in [6.07, 6.45) is -1.47. The van der Waals surface area contributed by atoms with Crippen molar-refractivity contribution in [1.82, 2.24) is 20.1 Å². The van der Waals surface area contributed by atoms with Crippen LogP contribution in [0.2, 0.25) is 0 Å². The lowest BCUT2D eigenvalue weighted by Gasteiger charge is -2.37. The van der Waals surface area contributed by atoms with Crippen LogP contribution < -0.4 is 19.7 Å². The Morgan fingerprint density at radius 1 is 1.08 bits per heavy atom. The largest absolute Gasteiger partial charge is 0.573 e. The smallest absolute Gasteiger partial charge is 0.497 e. The predicted molar refractivity (Wildman–Crippen MR) is 183 cm³/mol. The molecule has 1 aliphatic heterocycles. The Balaban J connectivity index is 1.24. The molecule has 2 unspecified atom stereocenters. The van der Waals surface area contributed by atoms with Crippen molar-refractivity contribution in [2.75, 3.05) is 24.3 Å². The number of ether oxygens (including phenoxy) is 2. The number of alkyl halides is 3. The van der Waals surface area contributed by atoms with Gasteiger partial charge in [-0.2, -0.15) is 4.99 Å². The molecular weight excluding hydrogens is 641 g/mol. The lowest BCUT2D eigenvalue weighted by molar-refractivity contribution is -0.274. The van der Waals surface area contributed by atoms with Crippen LogP contribution in [0, 0.1) is 0 Å². The Labute approximate surface area is 282 Å². The summed E-state index contributed by atoms with van der Waals surface area (Å²) in [6.45, 7) is 8.95. The van der Waals surface area contributed by atoms with Gasteiger partial charge in [0.1, 0.15) is 17.8 Å². The molecule has 13 heteroatoms. The molecule has 3 aromatic carbocycles. The summed E-state index contributed by atoms with van der Waals surface area (Å²) in [6, 6.07) is 19.1. The summed E-state index contributed by atoms with van der Waals surface area (Å²) < 4.78 is 48.3. The van der Waals surface area contributed by atoms with Gasteiger partial charge in [0, 0.05) is 35.5 Å². The van der Waals surface area contributed by atoms with Crippen LogP contribution in [-0.2, 0) is 0 Å². The SMILES string of the molecule is CCC(CNC(=O)/N=C1\SCCC(C)N1c1ccc(OC)cc1C(C)C)c1ccc(-c2ncn(-c3ccc(OC(F)(F)F)cc3)n2)cc1. The number of amidine groups is 1. The number of anilines is 1. The minimum atomic E-state index is -4.75. The van der Waals surface area contributed by atoms with E-state index in [2.05, 4.69) is 69.9 Å². The van der Waals surface area contributed by atoms with Gasteiger partial charge in [-0.05, 0) is 79.3 Å². The van der Waals surface area contributed by atoms with Crippen LogP contribution in [-0.4, -0.2) is 57.8 Å². The van der Waals surface area contributed by atoms with Gasteiger partial charge in [0.2, 0.25) is 0 Å². The van der Waals surface area contributed by atoms with Crippen molar-refractivity contribution in [3.8, 4) is 28.6 Å². The van der Waals surface area contributed by atoms with Crippen LogP contribution in [0.1, 0.15) is 63.5 Å². The fraction of sp³-hybridized carbons (Fsp3) is 0.371. The number of rotatable bonds is 10. The maximum atomic E-state index is 13.2. The zero-order valence-electron chi connectivity index (χ0n) is 27.5. The van der Waals surface area contributed by atoms with Crippen molar-refractivity contribution in [2.24, 2.45) is 4.99 Å². The second-order valence-electron chi connectivity index (χ2n) is 11.8. The number of amides is 2. The standard InChI is InChI=1S/C35H39F3N6O3S/c1-6-24(20-39-33(45)41-34-44(23(4)17-18-48-34)31-16-15-29(46-5)19-30(31)22(2)3)25-7-9-26(10-8-25)32-40-21-43(42-32)27-11-13-28(14-12-27)47-35(36,37)38/h7-16,19,21-24H,6,17-18,20H2,1-5H3,(H,39,45)/b41-34-. The van der Waals surface area contributed by atoms with Gasteiger partial charge >= 0.3 is 12.4 Å². The van der Waals surface area contributed by atoms with Gasteiger partial charge in [-0.25, -0.2) is 14.5 Å². The number of benzene rings is 3. The van der Waals surface area contributed by atoms with Crippen molar-refractivity contribution in [3.05, 3.63) is 84.2 Å². The third kappa shape index (κ3) is 8.49. The van der Waals surface area contributed by atoms with Gasteiger partial charge in [0.05, 0.1) is 12.8 Å². The van der Waals surface area contributed by atoms with E-state index in [0.29, 0.717) is 23.2 Å². The lowest BCUT2D eigenvalue weighted by Crippen LogP contribution is -2.43. The molecule has 2 atom stereocenters. The molecule has 254 valence electrons. The average Bonchev–Trinajstić information content (AvgIpc) is 3.55. The lowest BCUT2D eigenvalue weighted by atomic mass is 9.95. The van der Waals surface area contributed by atoms with E-state index < -0.39 is 6.36 Å². The molecule has 0 saturated carbocycles. The number of carbonyl (C=O) groups excluding carboxylic acids is 1. The van der Waals surface area contributed by atoms with Crippen molar-refractivity contribution < 1.29 is 27.4 Å². The molecule has 0 bridgehead atoms. The number of carbonyl (C=O) groups is 1. The molecule has 0 spiro atoms. The summed E-state index contributed by atoms with van der Waals surface area (Å²) in [5, 5.41) is 8.19. The van der Waals surface area contributed by atoms with Crippen LogP contribution in [0.5, 0.6) is 11.5 Å². The van der Waals surface area contributed by atoms with Crippen LogP contribution in [0.25, 0.3) is 17.1 Å². The Hall–Kier alpha value is -4.52. The number of nitrogens with zero attached hydrogens (tertiary/aromatic N) is 5. The Morgan fingerprint density at radius 3 is 2.44 bits per heavy atom. The molecule has 1 saturated heterocycles. The highest BCUT2D eigenvalue weighted by Gasteiger charge is 2.31. The molecule has 0 radical (unpaired) electrons. The van der Waals surface area contributed by atoms with Crippen molar-refractivity contribution in [1.29, 1.82) is 0 Å². The summed E-state index contributed by atoms with van der Waals surface area (Å²) in [5.41, 5.74) is 4.55. The quantitative estimate of drug-likeness (QED) is 0.179. The predicted octanol–water partition coefficient (Wildman–Crippen LogP) is 8.56. The molecule has 5 rings (SSSR count). The van der Waals surface area contributed by atoms with E-state index in [1.165, 1.54) is 35.3 Å². The first-order valence-corrected chi connectivity index (χ1v) is 16.8. The maximum Gasteiger partial charge on any atom is 0.573 e. The zero-order valence-corrected chi connectivity index (χ0v) is 28.3. The minimum absolute atomic E-state index is 0.0642. The summed E-state index contributed by atoms with van der Waals surface area (Å²) in [7, 11) is 1.66. The Kier molecular flexibility index (Phi) is 11.0. The average molecular weight is 681 g/mol. The summed E-state index contributed by atoms with van der Waals surface area (Å²) in [4.78, 5) is 24.2. The third-order valence-electron chi connectivity index (χ3n) is 8.19.